The number of carbonyl (C=O) groups is 1. The quantitative estimate of drug-likeness (QED) is 0.438. The van der Waals surface area contributed by atoms with Crippen molar-refractivity contribution < 1.29 is 19.7 Å². The molecule has 0 spiro atoms. The summed E-state index contributed by atoms with van der Waals surface area (Å²) in [5.74, 6) is -0.00529. The fraction of sp³-hybridized carbons (Fsp3) is 0.300. The van der Waals surface area contributed by atoms with Gasteiger partial charge in [0.25, 0.3) is 5.91 Å². The molecule has 27 heavy (non-hydrogen) atoms. The highest BCUT2D eigenvalue weighted by molar-refractivity contribution is 6.14. The van der Waals surface area contributed by atoms with Crippen LogP contribution in [0.15, 0.2) is 65.6 Å². The number of aliphatic hydroxyl groups is 2. The lowest BCUT2D eigenvalue weighted by Crippen LogP contribution is -2.53. The van der Waals surface area contributed by atoms with Gasteiger partial charge < -0.3 is 31.0 Å². The summed E-state index contributed by atoms with van der Waals surface area (Å²) in [5, 5.41) is 32.2. The Morgan fingerprint density at radius 1 is 1.19 bits per heavy atom. The maximum Gasteiger partial charge on any atom is 0.268 e. The van der Waals surface area contributed by atoms with Gasteiger partial charge in [-0.25, -0.2) is 0 Å². The van der Waals surface area contributed by atoms with E-state index >= 15 is 0 Å². The molecular weight excluding hydrogens is 346 g/mol. The second-order valence-corrected chi connectivity index (χ2v) is 6.44. The molecule has 0 aliphatic heterocycles. The molecule has 144 valence electrons. The molecule has 0 bridgehead atoms. The Morgan fingerprint density at radius 3 is 2.44 bits per heavy atom. The van der Waals surface area contributed by atoms with Crippen molar-refractivity contribution in [3.05, 3.63) is 71.2 Å². The average Bonchev–Trinajstić information content (AvgIpc) is 2.69. The molecule has 0 saturated heterocycles. The van der Waals surface area contributed by atoms with Gasteiger partial charge in [-0.15, -0.1) is 0 Å². The van der Waals surface area contributed by atoms with Gasteiger partial charge >= 0.3 is 0 Å². The van der Waals surface area contributed by atoms with Crippen LogP contribution < -0.4 is 10.6 Å². The van der Waals surface area contributed by atoms with Crippen LogP contribution in [0.3, 0.4) is 0 Å². The van der Waals surface area contributed by atoms with E-state index in [4.69, 9.17) is 10.1 Å². The van der Waals surface area contributed by atoms with Crippen molar-refractivity contribution in [2.45, 2.75) is 19.1 Å². The fourth-order valence-corrected chi connectivity index (χ4v) is 2.40. The third-order valence-corrected chi connectivity index (χ3v) is 4.10. The number of nitrogens with one attached hydrogen (secondary N) is 3. The Kier molecular flexibility index (Phi) is 6.92. The van der Waals surface area contributed by atoms with Gasteiger partial charge in [-0.05, 0) is 30.7 Å². The zero-order chi connectivity index (χ0) is 19.9. The van der Waals surface area contributed by atoms with E-state index in [0.717, 1.165) is 5.56 Å². The van der Waals surface area contributed by atoms with Crippen LogP contribution in [0.5, 0.6) is 0 Å². The summed E-state index contributed by atoms with van der Waals surface area (Å²) in [6.07, 6.45) is 4.84. The number of hydrogen-bond acceptors (Lipinski definition) is 6. The number of ether oxygens (including phenoxy) is 1. The van der Waals surface area contributed by atoms with E-state index in [1.165, 1.54) is 6.92 Å². The molecule has 1 aromatic rings. The predicted molar refractivity (Wildman–Crippen MR) is 103 cm³/mol. The molecule has 1 aliphatic carbocycles. The number of likely N-dealkylation sites (N-methyl/N-ethyl adjacent to an activating group) is 1. The van der Waals surface area contributed by atoms with Gasteiger partial charge in [0.15, 0.2) is 0 Å². The molecule has 1 amide bonds. The standard InChI is InChI=1S/C20H25N3O4/c1-20(12-24,13-25)23-19(26)18(22-2)16-10-15(8-9-17(16)21)27-11-14-6-4-3-5-7-14/h3-10,21-22,24-25H,11-13H2,1-2H3,(H,23,26)/b18-16-,21-17?. The Labute approximate surface area is 158 Å². The summed E-state index contributed by atoms with van der Waals surface area (Å²) in [4.78, 5) is 12.6. The molecule has 2 rings (SSSR count). The summed E-state index contributed by atoms with van der Waals surface area (Å²) >= 11 is 0. The predicted octanol–water partition coefficient (Wildman–Crippen LogP) is 1.01. The Hall–Kier alpha value is -2.90. The second-order valence-electron chi connectivity index (χ2n) is 6.44. The van der Waals surface area contributed by atoms with Gasteiger partial charge in [-0.2, -0.15) is 0 Å². The van der Waals surface area contributed by atoms with E-state index in [9.17, 15) is 15.0 Å². The van der Waals surface area contributed by atoms with Crippen molar-refractivity contribution in [2.24, 2.45) is 0 Å². The third-order valence-electron chi connectivity index (χ3n) is 4.10. The molecule has 0 radical (unpaired) electrons. The molecule has 0 fully saturated rings. The minimum absolute atomic E-state index is 0.149. The number of rotatable bonds is 8. The minimum atomic E-state index is -1.16. The van der Waals surface area contributed by atoms with E-state index in [1.54, 1.807) is 25.3 Å². The number of aliphatic hydroxyl groups excluding tert-OH is 2. The molecule has 1 aromatic carbocycles. The van der Waals surface area contributed by atoms with Crippen LogP contribution in [-0.4, -0.2) is 47.6 Å². The van der Waals surface area contributed by atoms with Gasteiger partial charge in [0, 0.05) is 12.6 Å². The number of carbonyl (C=O) groups excluding carboxylic acids is 1. The number of amides is 1. The highest BCUT2D eigenvalue weighted by Gasteiger charge is 2.27. The first-order valence-corrected chi connectivity index (χ1v) is 8.54. The molecule has 0 aromatic heterocycles. The van der Waals surface area contributed by atoms with Crippen molar-refractivity contribution in [1.82, 2.24) is 10.6 Å². The first-order valence-electron chi connectivity index (χ1n) is 8.54. The molecule has 7 nitrogen and oxygen atoms in total. The maximum absolute atomic E-state index is 12.6. The monoisotopic (exact) mass is 371 g/mol. The molecule has 0 atom stereocenters. The average molecular weight is 371 g/mol. The molecule has 7 heteroatoms. The van der Waals surface area contributed by atoms with Crippen molar-refractivity contribution in [3.8, 4) is 0 Å². The van der Waals surface area contributed by atoms with Crippen molar-refractivity contribution in [3.63, 3.8) is 0 Å². The largest absolute Gasteiger partial charge is 0.489 e. The summed E-state index contributed by atoms with van der Waals surface area (Å²) in [7, 11) is 1.57. The first-order chi connectivity index (χ1) is 12.9. The smallest absolute Gasteiger partial charge is 0.268 e. The van der Waals surface area contributed by atoms with Crippen LogP contribution in [0.4, 0.5) is 0 Å². The highest BCUT2D eigenvalue weighted by atomic mass is 16.5. The van der Waals surface area contributed by atoms with Crippen LogP contribution in [0, 0.1) is 5.41 Å². The normalized spacial score (nSPS) is 15.9. The lowest BCUT2D eigenvalue weighted by molar-refractivity contribution is -0.120. The fourth-order valence-electron chi connectivity index (χ4n) is 2.40. The molecular formula is C20H25N3O4. The van der Waals surface area contributed by atoms with Crippen molar-refractivity contribution in [2.75, 3.05) is 20.3 Å². The van der Waals surface area contributed by atoms with Gasteiger partial charge in [0.1, 0.15) is 18.1 Å². The summed E-state index contributed by atoms with van der Waals surface area (Å²) in [5.41, 5.74) is 0.502. The van der Waals surface area contributed by atoms with Crippen LogP contribution in [0.2, 0.25) is 0 Å². The molecule has 0 heterocycles. The van der Waals surface area contributed by atoms with E-state index in [1.807, 2.05) is 30.3 Å². The van der Waals surface area contributed by atoms with E-state index in [0.29, 0.717) is 17.9 Å². The topological polar surface area (TPSA) is 115 Å². The number of benzene rings is 1. The Morgan fingerprint density at radius 2 is 1.85 bits per heavy atom. The SMILES string of the molecule is CN/C(C(=O)NC(C)(CO)CO)=C1/C=C(OCc2ccccc2)C=CC1=N. The second kappa shape index (κ2) is 9.16. The zero-order valence-corrected chi connectivity index (χ0v) is 15.5. The maximum atomic E-state index is 12.6. The van der Waals surface area contributed by atoms with Crippen LogP contribution in [-0.2, 0) is 16.1 Å². The zero-order valence-electron chi connectivity index (χ0n) is 15.5. The molecule has 0 unspecified atom stereocenters. The first kappa shape index (κ1) is 20.4. The van der Waals surface area contributed by atoms with E-state index in [-0.39, 0.29) is 11.4 Å². The summed E-state index contributed by atoms with van der Waals surface area (Å²) in [6, 6.07) is 9.67. The van der Waals surface area contributed by atoms with E-state index < -0.39 is 24.7 Å². The van der Waals surface area contributed by atoms with Crippen LogP contribution in [0.25, 0.3) is 0 Å². The van der Waals surface area contributed by atoms with Crippen molar-refractivity contribution in [1.29, 1.82) is 5.41 Å². The highest BCUT2D eigenvalue weighted by Crippen LogP contribution is 2.19. The number of allylic oxidation sites excluding steroid dienone is 4. The van der Waals surface area contributed by atoms with Crippen LogP contribution >= 0.6 is 0 Å². The Bertz CT molecular complexity index is 778. The van der Waals surface area contributed by atoms with Crippen molar-refractivity contribution >= 4 is 11.6 Å². The van der Waals surface area contributed by atoms with Gasteiger partial charge in [-0.3, -0.25) is 4.79 Å². The Balaban J connectivity index is 2.23. The lowest BCUT2D eigenvalue weighted by Gasteiger charge is -2.27. The summed E-state index contributed by atoms with van der Waals surface area (Å²) in [6.45, 7) is 1.06. The molecule has 1 aliphatic rings. The minimum Gasteiger partial charge on any atom is -0.489 e. The summed E-state index contributed by atoms with van der Waals surface area (Å²) < 4.78 is 5.77. The molecule has 5 N–H and O–H groups in total. The lowest BCUT2D eigenvalue weighted by atomic mass is 10.00. The third kappa shape index (κ3) is 5.29. The molecule has 0 saturated carbocycles. The van der Waals surface area contributed by atoms with Gasteiger partial charge in [-0.1, -0.05) is 30.3 Å². The van der Waals surface area contributed by atoms with Gasteiger partial charge in [0.2, 0.25) is 0 Å². The van der Waals surface area contributed by atoms with Crippen LogP contribution in [0.1, 0.15) is 12.5 Å². The number of hydrogen-bond donors (Lipinski definition) is 5. The van der Waals surface area contributed by atoms with E-state index in [2.05, 4.69) is 10.6 Å². The van der Waals surface area contributed by atoms with Gasteiger partial charge in [0.05, 0.1) is 24.5 Å².